The highest BCUT2D eigenvalue weighted by Gasteiger charge is 1.84. The van der Waals surface area contributed by atoms with Crippen LogP contribution in [0, 0.1) is 6.92 Å². The van der Waals surface area contributed by atoms with Gasteiger partial charge in [-0.1, -0.05) is 0 Å². The Kier molecular flexibility index (Phi) is 1.42. The highest BCUT2D eigenvalue weighted by molar-refractivity contribution is 7.09. The molecule has 0 bridgehead atoms. The summed E-state index contributed by atoms with van der Waals surface area (Å²) in [5.74, 6) is 0. The van der Waals surface area contributed by atoms with Gasteiger partial charge in [-0.2, -0.15) is 0 Å². The van der Waals surface area contributed by atoms with Crippen molar-refractivity contribution in [1.29, 1.82) is 0 Å². The fourth-order valence-electron chi connectivity index (χ4n) is 0.366. The number of nitrogens with zero attached hydrogens (tertiary/aromatic N) is 1. The van der Waals surface area contributed by atoms with Crippen molar-refractivity contribution in [3.05, 3.63) is 23.5 Å². The van der Waals surface area contributed by atoms with Crippen LogP contribution < -0.4 is 0 Å². The Labute approximate surface area is 47.0 Å². The third kappa shape index (κ3) is 0.996. The number of hydrogen-bond donors (Lipinski definition) is 0. The van der Waals surface area contributed by atoms with Crippen molar-refractivity contribution in [1.82, 2.24) is 4.98 Å². The van der Waals surface area contributed by atoms with Crippen molar-refractivity contribution in [2.24, 2.45) is 0 Å². The monoisotopic (exact) mass is 112 g/mol. The summed E-state index contributed by atoms with van der Waals surface area (Å²) in [5, 5.41) is 0. The van der Waals surface area contributed by atoms with Gasteiger partial charge in [0, 0.05) is 11.1 Å². The number of rotatable bonds is 1. The predicted molar refractivity (Wildman–Crippen MR) is 31.2 cm³/mol. The first kappa shape index (κ1) is 4.78. The Morgan fingerprint density at radius 1 is 1.86 bits per heavy atom. The lowest BCUT2D eigenvalue weighted by Gasteiger charge is -1.76. The van der Waals surface area contributed by atoms with Crippen molar-refractivity contribution in [3.8, 4) is 0 Å². The molecular formula is C5H6NS. The Bertz CT molecular complexity index is 123. The third-order valence-electron chi connectivity index (χ3n) is 0.730. The second kappa shape index (κ2) is 2.07. The highest BCUT2D eigenvalue weighted by Crippen LogP contribution is 2.03. The second-order valence-corrected chi connectivity index (χ2v) is 2.19. The van der Waals surface area contributed by atoms with Crippen LogP contribution in [0.4, 0.5) is 0 Å². The Balaban J connectivity index is 2.76. The average molecular weight is 112 g/mol. The summed E-state index contributed by atoms with van der Waals surface area (Å²) in [7, 11) is 0. The van der Waals surface area contributed by atoms with E-state index in [1.807, 2.05) is 11.7 Å². The third-order valence-corrected chi connectivity index (χ3v) is 1.57. The summed E-state index contributed by atoms with van der Waals surface area (Å²) in [6.07, 6.45) is 2.71. The molecule has 0 spiro atoms. The van der Waals surface area contributed by atoms with Crippen molar-refractivity contribution in [2.45, 2.75) is 6.42 Å². The van der Waals surface area contributed by atoms with E-state index >= 15 is 0 Å². The molecule has 0 fully saturated rings. The predicted octanol–water partition coefficient (Wildman–Crippen LogP) is 1.52. The van der Waals surface area contributed by atoms with Crippen LogP contribution in [0.2, 0.25) is 0 Å². The molecule has 0 amide bonds. The summed E-state index contributed by atoms with van der Waals surface area (Å²) in [5.41, 5.74) is 1.82. The molecule has 0 aromatic carbocycles. The van der Waals surface area contributed by atoms with E-state index in [-0.39, 0.29) is 0 Å². The maximum absolute atomic E-state index is 3.87. The molecule has 0 unspecified atom stereocenters. The van der Waals surface area contributed by atoms with Gasteiger partial charge in [0.25, 0.3) is 0 Å². The van der Waals surface area contributed by atoms with E-state index in [9.17, 15) is 0 Å². The maximum atomic E-state index is 3.87. The fraction of sp³-hybridized carbons (Fsp3) is 0.200. The largest absolute Gasteiger partial charge is 0.253 e. The molecule has 0 atom stereocenters. The van der Waals surface area contributed by atoms with Crippen molar-refractivity contribution in [2.75, 3.05) is 0 Å². The first-order valence-electron chi connectivity index (χ1n) is 2.10. The summed E-state index contributed by atoms with van der Waals surface area (Å²) < 4.78 is 0. The van der Waals surface area contributed by atoms with Crippen molar-refractivity contribution in [3.63, 3.8) is 0 Å². The van der Waals surface area contributed by atoms with E-state index in [1.54, 1.807) is 11.3 Å². The van der Waals surface area contributed by atoms with Gasteiger partial charge in [-0.05, 0) is 13.3 Å². The van der Waals surface area contributed by atoms with Gasteiger partial charge in [0.2, 0.25) is 0 Å². The molecule has 1 nitrogen and oxygen atoms in total. The Hall–Kier alpha value is -0.370. The summed E-state index contributed by atoms with van der Waals surface area (Å²) >= 11 is 1.65. The normalized spacial score (nSPS) is 9.29. The quantitative estimate of drug-likeness (QED) is 0.536. The first-order valence-corrected chi connectivity index (χ1v) is 2.98. The van der Waals surface area contributed by atoms with E-state index in [0.29, 0.717) is 0 Å². The van der Waals surface area contributed by atoms with Crippen molar-refractivity contribution >= 4 is 11.3 Å². The zero-order valence-corrected chi connectivity index (χ0v) is 4.74. The maximum Gasteiger partial charge on any atom is 0.0794 e. The SMILES string of the molecule is [CH2]Cc1cncs1. The fourth-order valence-corrected chi connectivity index (χ4v) is 0.862. The lowest BCUT2D eigenvalue weighted by Crippen LogP contribution is -1.65. The molecule has 7 heavy (non-hydrogen) atoms. The molecule has 0 aliphatic carbocycles. The zero-order valence-electron chi connectivity index (χ0n) is 3.92. The molecule has 0 saturated carbocycles. The molecule has 37 valence electrons. The molecule has 1 aromatic rings. The number of thiazole rings is 1. The lowest BCUT2D eigenvalue weighted by molar-refractivity contribution is 1.29. The highest BCUT2D eigenvalue weighted by atomic mass is 32.1. The van der Waals surface area contributed by atoms with E-state index in [0.717, 1.165) is 6.42 Å². The van der Waals surface area contributed by atoms with E-state index < -0.39 is 0 Å². The number of hydrogen-bond acceptors (Lipinski definition) is 2. The Morgan fingerprint density at radius 2 is 2.71 bits per heavy atom. The average Bonchev–Trinajstić information content (AvgIpc) is 2.14. The van der Waals surface area contributed by atoms with Crippen LogP contribution in [-0.4, -0.2) is 4.98 Å². The van der Waals surface area contributed by atoms with Gasteiger partial charge in [-0.15, -0.1) is 11.3 Å². The molecule has 2 heteroatoms. The standard InChI is InChI=1S/C5H6NS/c1-2-5-3-6-4-7-5/h3-4H,1-2H2. The van der Waals surface area contributed by atoms with Gasteiger partial charge in [-0.3, -0.25) is 4.98 Å². The summed E-state index contributed by atoms with van der Waals surface area (Å²) in [6.45, 7) is 3.70. The lowest BCUT2D eigenvalue weighted by atomic mass is 10.4. The molecular weight excluding hydrogens is 106 g/mol. The molecule has 0 aliphatic rings. The van der Waals surface area contributed by atoms with Crippen molar-refractivity contribution < 1.29 is 0 Å². The van der Waals surface area contributed by atoms with Gasteiger partial charge >= 0.3 is 0 Å². The topological polar surface area (TPSA) is 12.9 Å². The molecule has 1 rings (SSSR count). The van der Waals surface area contributed by atoms with Crippen LogP contribution in [0.3, 0.4) is 0 Å². The summed E-state index contributed by atoms with van der Waals surface area (Å²) in [6, 6.07) is 0. The van der Waals surface area contributed by atoms with Crippen LogP contribution in [0.15, 0.2) is 11.7 Å². The van der Waals surface area contributed by atoms with Crippen LogP contribution in [-0.2, 0) is 6.42 Å². The summed E-state index contributed by atoms with van der Waals surface area (Å²) in [4.78, 5) is 5.12. The smallest absolute Gasteiger partial charge is 0.0794 e. The van der Waals surface area contributed by atoms with Gasteiger partial charge in [-0.25, -0.2) is 0 Å². The second-order valence-electron chi connectivity index (χ2n) is 1.22. The minimum Gasteiger partial charge on any atom is -0.253 e. The van der Waals surface area contributed by atoms with Gasteiger partial charge in [0.1, 0.15) is 0 Å². The molecule has 1 aromatic heterocycles. The minimum atomic E-state index is 0.866. The van der Waals surface area contributed by atoms with Gasteiger partial charge < -0.3 is 0 Å². The Morgan fingerprint density at radius 3 is 3.00 bits per heavy atom. The van der Waals surface area contributed by atoms with Gasteiger partial charge in [0.05, 0.1) is 5.51 Å². The minimum absolute atomic E-state index is 0.866. The molecule has 0 saturated heterocycles. The molecule has 0 N–H and O–H groups in total. The van der Waals surface area contributed by atoms with Gasteiger partial charge in [0.15, 0.2) is 0 Å². The zero-order chi connectivity index (χ0) is 5.11. The van der Waals surface area contributed by atoms with E-state index in [4.69, 9.17) is 0 Å². The van der Waals surface area contributed by atoms with Crippen LogP contribution >= 0.6 is 11.3 Å². The van der Waals surface area contributed by atoms with Crippen LogP contribution in [0.25, 0.3) is 0 Å². The van der Waals surface area contributed by atoms with E-state index in [2.05, 4.69) is 11.9 Å². The molecule has 1 radical (unpaired) electrons. The first-order chi connectivity index (χ1) is 3.43. The van der Waals surface area contributed by atoms with E-state index in [1.165, 1.54) is 4.88 Å². The van der Waals surface area contributed by atoms with Crippen LogP contribution in [0.5, 0.6) is 0 Å². The molecule has 0 aliphatic heterocycles. The van der Waals surface area contributed by atoms with Crippen LogP contribution in [0.1, 0.15) is 4.88 Å². The molecule has 1 heterocycles. The number of aromatic nitrogens is 1.